The van der Waals surface area contributed by atoms with Crippen LogP contribution in [0.3, 0.4) is 0 Å². The maximum absolute atomic E-state index is 11.9. The number of aldehydes is 1. The molecule has 0 unspecified atom stereocenters. The SMILES string of the molecule is COc1ccc(S(=O)(=O)NCCC=O)cc1OC. The van der Waals surface area contributed by atoms with Gasteiger partial charge in [0.2, 0.25) is 10.0 Å². The minimum absolute atomic E-state index is 0.0612. The molecule has 1 aromatic carbocycles. The summed E-state index contributed by atoms with van der Waals surface area (Å²) in [6.07, 6.45) is 0.781. The van der Waals surface area contributed by atoms with Gasteiger partial charge in [0.1, 0.15) is 6.29 Å². The van der Waals surface area contributed by atoms with Gasteiger partial charge >= 0.3 is 0 Å². The topological polar surface area (TPSA) is 81.7 Å². The number of carbonyl (C=O) groups is 1. The highest BCUT2D eigenvalue weighted by molar-refractivity contribution is 7.89. The maximum Gasteiger partial charge on any atom is 0.240 e. The lowest BCUT2D eigenvalue weighted by Gasteiger charge is -2.10. The fourth-order valence-electron chi connectivity index (χ4n) is 1.32. The van der Waals surface area contributed by atoms with Crippen molar-refractivity contribution in [2.45, 2.75) is 11.3 Å². The molecule has 18 heavy (non-hydrogen) atoms. The molecule has 1 rings (SSSR count). The van der Waals surface area contributed by atoms with Crippen LogP contribution in [0.15, 0.2) is 23.1 Å². The predicted octanol–water partition coefficient (Wildman–Crippen LogP) is 0.571. The summed E-state index contributed by atoms with van der Waals surface area (Å²) in [7, 11) is -0.743. The smallest absolute Gasteiger partial charge is 0.240 e. The standard InChI is InChI=1S/C11H15NO5S/c1-16-10-5-4-9(8-11(10)17-2)18(14,15)12-6-3-7-13/h4-5,7-8,12H,3,6H2,1-2H3. The van der Waals surface area contributed by atoms with Crippen LogP contribution >= 0.6 is 0 Å². The summed E-state index contributed by atoms with van der Waals surface area (Å²) in [6, 6.07) is 4.28. The molecule has 0 saturated carbocycles. The number of ether oxygens (including phenoxy) is 2. The van der Waals surface area contributed by atoms with Gasteiger partial charge in [0.25, 0.3) is 0 Å². The summed E-state index contributed by atoms with van der Waals surface area (Å²) >= 11 is 0. The summed E-state index contributed by atoms with van der Waals surface area (Å²) in [5.41, 5.74) is 0. The normalized spacial score (nSPS) is 11.0. The van der Waals surface area contributed by atoms with E-state index < -0.39 is 10.0 Å². The van der Waals surface area contributed by atoms with Gasteiger partial charge in [-0.15, -0.1) is 0 Å². The summed E-state index contributed by atoms with van der Waals surface area (Å²) in [5, 5.41) is 0. The van der Waals surface area contributed by atoms with Crippen molar-refractivity contribution in [1.29, 1.82) is 0 Å². The number of rotatable bonds is 7. The molecule has 0 spiro atoms. The molecule has 6 nitrogen and oxygen atoms in total. The summed E-state index contributed by atoms with van der Waals surface area (Å²) in [6.45, 7) is 0.0696. The number of carbonyl (C=O) groups excluding carboxylic acids is 1. The van der Waals surface area contributed by atoms with Gasteiger partial charge in [-0.05, 0) is 12.1 Å². The first-order valence-electron chi connectivity index (χ1n) is 5.20. The summed E-state index contributed by atoms with van der Waals surface area (Å²) in [4.78, 5) is 10.2. The Morgan fingerprint density at radius 1 is 1.22 bits per heavy atom. The second-order valence-electron chi connectivity index (χ2n) is 3.37. The van der Waals surface area contributed by atoms with E-state index in [1.807, 2.05) is 0 Å². The van der Waals surface area contributed by atoms with Crippen LogP contribution in [-0.2, 0) is 14.8 Å². The molecule has 0 fully saturated rings. The number of methoxy groups -OCH3 is 2. The Balaban J connectivity index is 2.98. The Kier molecular flexibility index (Phi) is 5.11. The van der Waals surface area contributed by atoms with Gasteiger partial charge in [-0.3, -0.25) is 0 Å². The van der Waals surface area contributed by atoms with Crippen LogP contribution in [0.5, 0.6) is 11.5 Å². The van der Waals surface area contributed by atoms with Crippen LogP contribution < -0.4 is 14.2 Å². The Hall–Kier alpha value is -1.60. The lowest BCUT2D eigenvalue weighted by molar-refractivity contribution is -0.107. The van der Waals surface area contributed by atoms with Gasteiger partial charge in [0.05, 0.1) is 19.1 Å². The van der Waals surface area contributed by atoms with E-state index in [0.717, 1.165) is 0 Å². The number of nitrogens with one attached hydrogen (secondary N) is 1. The van der Waals surface area contributed by atoms with E-state index >= 15 is 0 Å². The molecule has 0 radical (unpaired) electrons. The zero-order valence-electron chi connectivity index (χ0n) is 10.2. The Labute approximate surface area is 106 Å². The first kappa shape index (κ1) is 14.5. The molecule has 0 amide bonds. The minimum Gasteiger partial charge on any atom is -0.493 e. The highest BCUT2D eigenvalue weighted by Gasteiger charge is 2.16. The first-order valence-corrected chi connectivity index (χ1v) is 6.69. The van der Waals surface area contributed by atoms with E-state index in [9.17, 15) is 13.2 Å². The van der Waals surface area contributed by atoms with E-state index in [4.69, 9.17) is 9.47 Å². The van der Waals surface area contributed by atoms with Crippen LogP contribution in [0.25, 0.3) is 0 Å². The zero-order chi connectivity index (χ0) is 13.6. The van der Waals surface area contributed by atoms with Crippen molar-refractivity contribution in [3.63, 3.8) is 0 Å². The largest absolute Gasteiger partial charge is 0.493 e. The number of sulfonamides is 1. The Bertz CT molecular complexity index is 512. The lowest BCUT2D eigenvalue weighted by atomic mass is 10.3. The molecule has 0 aliphatic rings. The minimum atomic E-state index is -3.63. The molecule has 0 aliphatic carbocycles. The van der Waals surface area contributed by atoms with Crippen LogP contribution in [0.1, 0.15) is 6.42 Å². The van der Waals surface area contributed by atoms with Gasteiger partial charge in [-0.25, -0.2) is 13.1 Å². The van der Waals surface area contributed by atoms with Crippen LogP contribution in [0.4, 0.5) is 0 Å². The molecular formula is C11H15NO5S. The maximum atomic E-state index is 11.9. The van der Waals surface area contributed by atoms with Crippen LogP contribution in [0.2, 0.25) is 0 Å². The van der Waals surface area contributed by atoms with Crippen molar-refractivity contribution in [2.75, 3.05) is 20.8 Å². The van der Waals surface area contributed by atoms with E-state index in [1.165, 1.54) is 32.4 Å². The van der Waals surface area contributed by atoms with Gasteiger partial charge < -0.3 is 14.3 Å². The quantitative estimate of drug-likeness (QED) is 0.580. The van der Waals surface area contributed by atoms with Crippen molar-refractivity contribution in [3.05, 3.63) is 18.2 Å². The fourth-order valence-corrected chi connectivity index (χ4v) is 2.38. The van der Waals surface area contributed by atoms with Gasteiger partial charge in [-0.2, -0.15) is 0 Å². The van der Waals surface area contributed by atoms with Crippen LogP contribution in [-0.4, -0.2) is 35.5 Å². The third-order valence-corrected chi connectivity index (χ3v) is 3.68. The first-order chi connectivity index (χ1) is 8.55. The molecule has 1 aromatic rings. The molecular weight excluding hydrogens is 258 g/mol. The fraction of sp³-hybridized carbons (Fsp3) is 0.364. The van der Waals surface area contributed by atoms with Crippen molar-refractivity contribution in [1.82, 2.24) is 4.72 Å². The van der Waals surface area contributed by atoms with Gasteiger partial charge in [-0.1, -0.05) is 0 Å². The third kappa shape index (κ3) is 3.44. The number of hydrogen-bond donors (Lipinski definition) is 1. The molecule has 0 bridgehead atoms. The second kappa shape index (κ2) is 6.36. The van der Waals surface area contributed by atoms with Gasteiger partial charge in [0.15, 0.2) is 11.5 Å². The molecule has 0 aliphatic heterocycles. The van der Waals surface area contributed by atoms with Crippen molar-refractivity contribution >= 4 is 16.3 Å². The van der Waals surface area contributed by atoms with Crippen molar-refractivity contribution in [2.24, 2.45) is 0 Å². The average molecular weight is 273 g/mol. The highest BCUT2D eigenvalue weighted by Crippen LogP contribution is 2.29. The van der Waals surface area contributed by atoms with Gasteiger partial charge in [0, 0.05) is 19.0 Å². The second-order valence-corrected chi connectivity index (χ2v) is 5.14. The molecule has 0 saturated heterocycles. The predicted molar refractivity (Wildman–Crippen MR) is 65.4 cm³/mol. The molecule has 100 valence electrons. The third-order valence-electron chi connectivity index (χ3n) is 2.22. The average Bonchev–Trinajstić information content (AvgIpc) is 2.38. The van der Waals surface area contributed by atoms with E-state index in [-0.39, 0.29) is 17.9 Å². The summed E-state index contributed by atoms with van der Waals surface area (Å²) < 4.78 is 36.1. The molecule has 0 heterocycles. The van der Waals surface area contributed by atoms with Crippen LogP contribution in [0, 0.1) is 0 Å². The van der Waals surface area contributed by atoms with E-state index in [2.05, 4.69) is 4.72 Å². The molecule has 0 atom stereocenters. The Morgan fingerprint density at radius 2 is 1.89 bits per heavy atom. The Morgan fingerprint density at radius 3 is 2.44 bits per heavy atom. The number of benzene rings is 1. The monoisotopic (exact) mass is 273 g/mol. The van der Waals surface area contributed by atoms with Crippen molar-refractivity contribution < 1.29 is 22.7 Å². The van der Waals surface area contributed by atoms with E-state index in [0.29, 0.717) is 17.8 Å². The molecule has 0 aromatic heterocycles. The van der Waals surface area contributed by atoms with E-state index in [1.54, 1.807) is 0 Å². The molecule has 1 N–H and O–H groups in total. The summed E-state index contributed by atoms with van der Waals surface area (Å²) in [5.74, 6) is 0.778. The van der Waals surface area contributed by atoms with Crippen molar-refractivity contribution in [3.8, 4) is 11.5 Å². The molecule has 7 heteroatoms. The highest BCUT2D eigenvalue weighted by atomic mass is 32.2. The zero-order valence-corrected chi connectivity index (χ0v) is 11.0. The lowest BCUT2D eigenvalue weighted by Crippen LogP contribution is -2.25. The number of hydrogen-bond acceptors (Lipinski definition) is 5.